The number of hydrogen-bond acceptors (Lipinski definition) is 7. The molecule has 2 aromatic heterocycles. The number of pyridine rings is 1. The Morgan fingerprint density at radius 3 is 2.69 bits per heavy atom. The van der Waals surface area contributed by atoms with Crippen LogP contribution in [0.5, 0.6) is 5.88 Å². The Balaban J connectivity index is 1.63. The van der Waals surface area contributed by atoms with E-state index in [9.17, 15) is 9.18 Å². The summed E-state index contributed by atoms with van der Waals surface area (Å²) >= 11 is 0. The second kappa shape index (κ2) is 10.4. The molecule has 0 aliphatic carbocycles. The van der Waals surface area contributed by atoms with Gasteiger partial charge in [-0.2, -0.15) is 0 Å². The lowest BCUT2D eigenvalue weighted by molar-refractivity contribution is 0.102. The number of amides is 1. The second-order valence-corrected chi connectivity index (χ2v) is 8.82. The number of nitrogens with one attached hydrogen (secondary N) is 1. The minimum atomic E-state index is -1.54. The zero-order chi connectivity index (χ0) is 25.0. The molecule has 4 rings (SSSR count). The molecule has 9 heteroatoms. The van der Waals surface area contributed by atoms with Gasteiger partial charge in [0.2, 0.25) is 0 Å². The molecule has 184 valence electrons. The Bertz CT molecular complexity index is 1210. The summed E-state index contributed by atoms with van der Waals surface area (Å²) < 4.78 is 25.5. The molecule has 1 aromatic carbocycles. The van der Waals surface area contributed by atoms with Gasteiger partial charge in [-0.1, -0.05) is 12.1 Å². The van der Waals surface area contributed by atoms with Crippen LogP contribution in [0.25, 0.3) is 11.3 Å². The molecule has 0 radical (unpaired) electrons. The van der Waals surface area contributed by atoms with Gasteiger partial charge in [-0.3, -0.25) is 9.78 Å². The number of morpholine rings is 1. The van der Waals surface area contributed by atoms with Gasteiger partial charge >= 0.3 is 0 Å². The molecule has 1 saturated heterocycles. The van der Waals surface area contributed by atoms with Crippen LogP contribution in [0, 0.1) is 6.92 Å². The van der Waals surface area contributed by atoms with Crippen molar-refractivity contribution in [3.8, 4) is 17.1 Å². The van der Waals surface area contributed by atoms with Crippen molar-refractivity contribution in [3.05, 3.63) is 59.4 Å². The van der Waals surface area contributed by atoms with E-state index in [0.717, 1.165) is 30.0 Å². The SMILES string of the molecule is CCOc1nnc(-c2cc(NC(=O)c3cccc(C(C)(C)F)c3)cnc2C)cc1N1CCOCC1. The van der Waals surface area contributed by atoms with E-state index in [2.05, 4.69) is 25.4 Å². The minimum absolute atomic E-state index is 0.348. The topological polar surface area (TPSA) is 89.5 Å². The molecule has 0 bridgehead atoms. The Morgan fingerprint density at radius 2 is 1.97 bits per heavy atom. The van der Waals surface area contributed by atoms with Gasteiger partial charge < -0.3 is 19.7 Å². The molecule has 1 N–H and O–H groups in total. The predicted molar refractivity (Wildman–Crippen MR) is 133 cm³/mol. The smallest absolute Gasteiger partial charge is 0.257 e. The number of benzene rings is 1. The number of carbonyl (C=O) groups is 1. The van der Waals surface area contributed by atoms with Crippen LogP contribution in [0.3, 0.4) is 0 Å². The maximum atomic E-state index is 14.3. The highest BCUT2D eigenvalue weighted by Crippen LogP contribution is 2.32. The molecule has 0 spiro atoms. The van der Waals surface area contributed by atoms with Crippen LogP contribution in [0.2, 0.25) is 0 Å². The molecular weight excluding hydrogens is 449 g/mol. The third kappa shape index (κ3) is 5.74. The maximum absolute atomic E-state index is 14.3. The number of anilines is 2. The van der Waals surface area contributed by atoms with Crippen molar-refractivity contribution in [1.82, 2.24) is 15.2 Å². The Morgan fingerprint density at radius 1 is 1.20 bits per heavy atom. The van der Waals surface area contributed by atoms with Gasteiger partial charge in [-0.25, -0.2) is 4.39 Å². The van der Waals surface area contributed by atoms with Crippen LogP contribution >= 0.6 is 0 Å². The molecule has 3 heterocycles. The minimum Gasteiger partial charge on any atom is -0.475 e. The fourth-order valence-corrected chi connectivity index (χ4v) is 3.87. The first-order valence-electron chi connectivity index (χ1n) is 11.7. The highest BCUT2D eigenvalue weighted by Gasteiger charge is 2.21. The first-order valence-corrected chi connectivity index (χ1v) is 11.7. The number of nitrogens with zero attached hydrogens (tertiary/aromatic N) is 4. The first kappa shape index (κ1) is 24.5. The molecule has 0 unspecified atom stereocenters. The molecule has 1 aliphatic heterocycles. The molecular formula is C26H30FN5O3. The third-order valence-electron chi connectivity index (χ3n) is 5.81. The van der Waals surface area contributed by atoms with Crippen LogP contribution in [-0.4, -0.2) is 54.0 Å². The number of alkyl halides is 1. The van der Waals surface area contributed by atoms with Gasteiger partial charge in [0.25, 0.3) is 11.8 Å². The highest BCUT2D eigenvalue weighted by atomic mass is 19.1. The number of aromatic nitrogens is 3. The van der Waals surface area contributed by atoms with Crippen molar-refractivity contribution < 1.29 is 18.7 Å². The van der Waals surface area contributed by atoms with Crippen molar-refractivity contribution in [2.75, 3.05) is 43.1 Å². The number of hydrogen-bond donors (Lipinski definition) is 1. The number of rotatable bonds is 7. The Labute approximate surface area is 204 Å². The zero-order valence-electron chi connectivity index (χ0n) is 20.5. The molecule has 1 amide bonds. The first-order chi connectivity index (χ1) is 16.8. The van der Waals surface area contributed by atoms with E-state index in [0.29, 0.717) is 48.2 Å². The monoisotopic (exact) mass is 479 g/mol. The molecule has 1 fully saturated rings. The summed E-state index contributed by atoms with van der Waals surface area (Å²) in [5.74, 6) is 0.128. The third-order valence-corrected chi connectivity index (χ3v) is 5.81. The number of carbonyl (C=O) groups excluding carboxylic acids is 1. The largest absolute Gasteiger partial charge is 0.475 e. The van der Waals surface area contributed by atoms with Crippen molar-refractivity contribution in [1.29, 1.82) is 0 Å². The maximum Gasteiger partial charge on any atom is 0.257 e. The average molecular weight is 480 g/mol. The molecule has 0 atom stereocenters. The van der Waals surface area contributed by atoms with E-state index < -0.39 is 5.67 Å². The summed E-state index contributed by atoms with van der Waals surface area (Å²) in [5, 5.41) is 11.6. The van der Waals surface area contributed by atoms with Gasteiger partial charge in [-0.05, 0) is 57.5 Å². The number of halogens is 1. The normalized spacial score (nSPS) is 14.0. The van der Waals surface area contributed by atoms with Gasteiger partial charge in [0.1, 0.15) is 11.4 Å². The van der Waals surface area contributed by atoms with E-state index in [1.54, 1.807) is 30.5 Å². The highest BCUT2D eigenvalue weighted by molar-refractivity contribution is 6.04. The predicted octanol–water partition coefficient (Wildman–Crippen LogP) is 4.54. The Kier molecular flexibility index (Phi) is 7.25. The zero-order valence-corrected chi connectivity index (χ0v) is 20.5. The van der Waals surface area contributed by atoms with Crippen LogP contribution in [0.4, 0.5) is 15.8 Å². The van der Waals surface area contributed by atoms with Gasteiger partial charge in [0, 0.05) is 29.9 Å². The van der Waals surface area contributed by atoms with E-state index in [1.807, 2.05) is 26.0 Å². The lowest BCUT2D eigenvalue weighted by Gasteiger charge is -2.29. The van der Waals surface area contributed by atoms with E-state index in [4.69, 9.17) is 9.47 Å². The van der Waals surface area contributed by atoms with Crippen molar-refractivity contribution in [3.63, 3.8) is 0 Å². The molecule has 1 aliphatic rings. The van der Waals surface area contributed by atoms with E-state index in [-0.39, 0.29) is 5.91 Å². The molecule has 35 heavy (non-hydrogen) atoms. The number of ether oxygens (including phenoxy) is 2. The number of aryl methyl sites for hydroxylation is 1. The van der Waals surface area contributed by atoms with Gasteiger partial charge in [0.05, 0.1) is 37.4 Å². The fraction of sp³-hybridized carbons (Fsp3) is 0.385. The van der Waals surface area contributed by atoms with E-state index in [1.165, 1.54) is 13.8 Å². The van der Waals surface area contributed by atoms with Crippen LogP contribution in [0.15, 0.2) is 42.6 Å². The summed E-state index contributed by atoms with van der Waals surface area (Å²) in [5.41, 5.74) is 2.72. The van der Waals surface area contributed by atoms with E-state index >= 15 is 0 Å². The Hall–Kier alpha value is -3.59. The average Bonchev–Trinajstić information content (AvgIpc) is 2.86. The van der Waals surface area contributed by atoms with Crippen molar-refractivity contribution in [2.24, 2.45) is 0 Å². The summed E-state index contributed by atoms with van der Waals surface area (Å²) in [4.78, 5) is 19.5. The molecule has 8 nitrogen and oxygen atoms in total. The lowest BCUT2D eigenvalue weighted by Crippen LogP contribution is -2.36. The van der Waals surface area contributed by atoms with Crippen LogP contribution in [-0.2, 0) is 10.4 Å². The van der Waals surface area contributed by atoms with Crippen LogP contribution < -0.4 is 15.0 Å². The standard InChI is InChI=1S/C26H30FN5O3/c1-5-35-25-23(32-9-11-34-12-10-32)15-22(30-31-25)21-14-20(16-28-17(21)2)29-24(33)18-7-6-8-19(13-18)26(3,4)27/h6-8,13-16H,5,9-12H2,1-4H3,(H,29,33). The summed E-state index contributed by atoms with van der Waals surface area (Å²) in [6.45, 7) is 9.91. The summed E-state index contributed by atoms with van der Waals surface area (Å²) in [6.07, 6.45) is 1.59. The second-order valence-electron chi connectivity index (χ2n) is 8.82. The van der Waals surface area contributed by atoms with Crippen LogP contribution in [0.1, 0.15) is 42.4 Å². The van der Waals surface area contributed by atoms with Gasteiger partial charge in [-0.15, -0.1) is 10.2 Å². The lowest BCUT2D eigenvalue weighted by atomic mass is 9.98. The van der Waals surface area contributed by atoms with Gasteiger partial charge in [0.15, 0.2) is 0 Å². The molecule has 0 saturated carbocycles. The van der Waals surface area contributed by atoms with Crippen molar-refractivity contribution >= 4 is 17.3 Å². The van der Waals surface area contributed by atoms with Crippen molar-refractivity contribution in [2.45, 2.75) is 33.4 Å². The summed E-state index contributed by atoms with van der Waals surface area (Å²) in [6, 6.07) is 10.3. The summed E-state index contributed by atoms with van der Waals surface area (Å²) in [7, 11) is 0. The quantitative estimate of drug-likeness (QED) is 0.532. The molecule has 3 aromatic rings. The fourth-order valence-electron chi connectivity index (χ4n) is 3.87.